The number of hydrogen-bond acceptors (Lipinski definition) is 2. The average Bonchev–Trinajstić information content (AvgIpc) is 2.70. The third-order valence-electron chi connectivity index (χ3n) is 8.05. The van der Waals surface area contributed by atoms with E-state index in [9.17, 15) is 9.59 Å². The summed E-state index contributed by atoms with van der Waals surface area (Å²) < 4.78 is 0. The molecule has 2 amide bonds. The van der Waals surface area contributed by atoms with Gasteiger partial charge in [0.25, 0.3) is 5.91 Å². The lowest BCUT2D eigenvalue weighted by atomic mass is 9.48. The van der Waals surface area contributed by atoms with Gasteiger partial charge in [0, 0.05) is 12.1 Å². The van der Waals surface area contributed by atoms with Crippen LogP contribution in [-0.4, -0.2) is 24.4 Å². The summed E-state index contributed by atoms with van der Waals surface area (Å²) in [6, 6.07) is 7.81. The monoisotopic (exact) mass is 424 g/mol. The second-order valence-electron chi connectivity index (χ2n) is 11.4. The predicted molar refractivity (Wildman–Crippen MR) is 125 cm³/mol. The molecule has 0 aliphatic heterocycles. The third-order valence-corrected chi connectivity index (χ3v) is 8.05. The number of carbonyl (C=O) groups excluding carboxylic acids is 2. The molecule has 4 saturated carbocycles. The Morgan fingerprint density at radius 2 is 1.48 bits per heavy atom. The Morgan fingerprint density at radius 1 is 0.935 bits per heavy atom. The molecular weight excluding hydrogens is 384 g/mol. The molecule has 0 heterocycles. The van der Waals surface area contributed by atoms with Gasteiger partial charge in [-0.3, -0.25) is 9.59 Å². The number of nitrogens with one attached hydrogen (secondary N) is 2. The lowest BCUT2D eigenvalue weighted by Crippen LogP contribution is -2.50. The zero-order valence-corrected chi connectivity index (χ0v) is 19.7. The molecule has 1 atom stereocenters. The van der Waals surface area contributed by atoms with Crippen LogP contribution < -0.4 is 10.6 Å². The van der Waals surface area contributed by atoms with Crippen molar-refractivity contribution in [1.29, 1.82) is 0 Å². The van der Waals surface area contributed by atoms with E-state index in [2.05, 4.69) is 36.6 Å². The molecule has 4 aliphatic carbocycles. The summed E-state index contributed by atoms with van der Waals surface area (Å²) in [4.78, 5) is 25.5. The first-order valence-corrected chi connectivity index (χ1v) is 12.4. The molecule has 0 unspecified atom stereocenters. The topological polar surface area (TPSA) is 58.2 Å². The minimum atomic E-state index is -0.512. The summed E-state index contributed by atoms with van der Waals surface area (Å²) in [6.07, 6.45) is 9.25. The first-order valence-electron chi connectivity index (χ1n) is 12.4. The molecule has 4 nitrogen and oxygen atoms in total. The fourth-order valence-electron chi connectivity index (χ4n) is 6.79. The zero-order chi connectivity index (χ0) is 22.2. The molecule has 1 aromatic carbocycles. The fraction of sp³-hybridized carbons (Fsp3) is 0.704. The second kappa shape index (κ2) is 8.96. The van der Waals surface area contributed by atoms with Gasteiger partial charge in [-0.1, -0.05) is 39.8 Å². The van der Waals surface area contributed by atoms with Gasteiger partial charge in [-0.2, -0.15) is 0 Å². The maximum atomic E-state index is 12.9. The number of hydrogen-bond donors (Lipinski definition) is 2. The van der Waals surface area contributed by atoms with Crippen LogP contribution in [-0.2, 0) is 10.2 Å². The van der Waals surface area contributed by atoms with E-state index in [1.54, 1.807) is 0 Å². The van der Waals surface area contributed by atoms with Crippen molar-refractivity contribution in [3.8, 4) is 0 Å². The Kier molecular flexibility index (Phi) is 6.46. The Morgan fingerprint density at radius 3 is 1.97 bits per heavy atom. The normalized spacial score (nSPS) is 29.9. The van der Waals surface area contributed by atoms with Crippen LogP contribution in [0.4, 0.5) is 0 Å². The Bertz CT molecular complexity index is 761. The lowest BCUT2D eigenvalue weighted by Gasteiger charge is -2.57. The molecule has 31 heavy (non-hydrogen) atoms. The molecule has 5 rings (SSSR count). The predicted octanol–water partition coefficient (Wildman–Crippen LogP) is 5.07. The Labute approximate surface area is 188 Å². The van der Waals surface area contributed by atoms with E-state index in [0.717, 1.165) is 24.2 Å². The van der Waals surface area contributed by atoms with Crippen LogP contribution in [0.2, 0.25) is 0 Å². The molecule has 1 aromatic rings. The van der Waals surface area contributed by atoms with Gasteiger partial charge in [0.05, 0.1) is 0 Å². The highest BCUT2D eigenvalue weighted by atomic mass is 16.2. The van der Waals surface area contributed by atoms with Crippen molar-refractivity contribution in [2.45, 2.75) is 84.1 Å². The second-order valence-corrected chi connectivity index (χ2v) is 11.4. The van der Waals surface area contributed by atoms with Crippen molar-refractivity contribution in [3.05, 3.63) is 35.4 Å². The van der Waals surface area contributed by atoms with Gasteiger partial charge in [0.15, 0.2) is 0 Å². The van der Waals surface area contributed by atoms with Crippen molar-refractivity contribution in [3.63, 3.8) is 0 Å². The number of carbonyl (C=O) groups is 2. The van der Waals surface area contributed by atoms with Crippen LogP contribution in [0.5, 0.6) is 0 Å². The van der Waals surface area contributed by atoms with E-state index in [1.807, 2.05) is 26.0 Å². The van der Waals surface area contributed by atoms with Crippen LogP contribution in [0.25, 0.3) is 0 Å². The van der Waals surface area contributed by atoms with Crippen molar-refractivity contribution >= 4 is 11.8 Å². The lowest BCUT2D eigenvalue weighted by molar-refractivity contribution is -0.123. The largest absolute Gasteiger partial charge is 0.354 e. The number of rotatable bonds is 8. The number of benzene rings is 1. The molecule has 4 heteroatoms. The Balaban J connectivity index is 1.40. The van der Waals surface area contributed by atoms with Crippen LogP contribution in [0, 0.1) is 29.6 Å². The van der Waals surface area contributed by atoms with Crippen molar-refractivity contribution in [2.75, 3.05) is 6.54 Å². The zero-order valence-electron chi connectivity index (χ0n) is 19.7. The van der Waals surface area contributed by atoms with Gasteiger partial charge in [0.1, 0.15) is 6.04 Å². The van der Waals surface area contributed by atoms with Crippen LogP contribution in [0.15, 0.2) is 24.3 Å². The maximum absolute atomic E-state index is 12.9. The van der Waals surface area contributed by atoms with Crippen molar-refractivity contribution in [1.82, 2.24) is 10.6 Å². The molecule has 0 saturated heterocycles. The summed E-state index contributed by atoms with van der Waals surface area (Å²) in [5.41, 5.74) is 2.42. The third kappa shape index (κ3) is 4.83. The van der Waals surface area contributed by atoms with E-state index >= 15 is 0 Å². The summed E-state index contributed by atoms with van der Waals surface area (Å²) >= 11 is 0. The van der Waals surface area contributed by atoms with Gasteiger partial charge >= 0.3 is 0 Å². The van der Waals surface area contributed by atoms with Gasteiger partial charge in [-0.05, 0) is 97.6 Å². The molecule has 0 radical (unpaired) electrons. The highest BCUT2D eigenvalue weighted by Gasteiger charge is 2.51. The standard InChI is InChI=1S/C27H40N2O2/c1-17(2)9-10-28-26(31)24(18(3)4)29-25(30)22-5-7-23(8-6-22)27-14-19-11-20(15-27)13-21(12-19)16-27/h5-8,17-21,24H,9-16H2,1-4H3,(H,28,31)(H,29,30)/t19?,20?,21?,24-,27?/m0/s1. The average molecular weight is 425 g/mol. The number of amides is 2. The smallest absolute Gasteiger partial charge is 0.251 e. The molecule has 0 spiro atoms. The summed E-state index contributed by atoms with van der Waals surface area (Å²) in [5, 5.41) is 5.96. The highest BCUT2D eigenvalue weighted by Crippen LogP contribution is 2.60. The van der Waals surface area contributed by atoms with Gasteiger partial charge in [0.2, 0.25) is 5.91 Å². The minimum Gasteiger partial charge on any atom is -0.354 e. The van der Waals surface area contributed by atoms with E-state index in [0.29, 0.717) is 23.4 Å². The molecule has 170 valence electrons. The SMILES string of the molecule is CC(C)CCNC(=O)[C@@H](NC(=O)c1ccc(C23CC4CC(CC(C4)C2)C3)cc1)C(C)C. The van der Waals surface area contributed by atoms with Gasteiger partial charge < -0.3 is 10.6 Å². The molecule has 4 bridgehead atoms. The van der Waals surface area contributed by atoms with Crippen molar-refractivity contribution in [2.24, 2.45) is 29.6 Å². The van der Waals surface area contributed by atoms with Crippen molar-refractivity contribution < 1.29 is 9.59 Å². The van der Waals surface area contributed by atoms with Gasteiger partial charge in [-0.25, -0.2) is 0 Å². The van der Waals surface area contributed by atoms with Crippen LogP contribution >= 0.6 is 0 Å². The quantitative estimate of drug-likeness (QED) is 0.612. The van der Waals surface area contributed by atoms with E-state index in [4.69, 9.17) is 0 Å². The first-order chi connectivity index (χ1) is 14.8. The highest BCUT2D eigenvalue weighted by molar-refractivity contribution is 5.97. The summed E-state index contributed by atoms with van der Waals surface area (Å²) in [6.45, 7) is 8.88. The van der Waals surface area contributed by atoms with Crippen LogP contribution in [0.1, 0.15) is 88.6 Å². The molecule has 2 N–H and O–H groups in total. The van der Waals surface area contributed by atoms with Gasteiger partial charge in [-0.15, -0.1) is 0 Å². The maximum Gasteiger partial charge on any atom is 0.251 e. The summed E-state index contributed by atoms with van der Waals surface area (Å²) in [7, 11) is 0. The molecular formula is C27H40N2O2. The first kappa shape index (κ1) is 22.4. The molecule has 4 fully saturated rings. The summed E-state index contributed by atoms with van der Waals surface area (Å²) in [5.74, 6) is 3.07. The van der Waals surface area contributed by atoms with E-state index < -0.39 is 6.04 Å². The Hall–Kier alpha value is -1.84. The van der Waals surface area contributed by atoms with E-state index in [-0.39, 0.29) is 17.7 Å². The van der Waals surface area contributed by atoms with E-state index in [1.165, 1.54) is 44.1 Å². The molecule has 0 aromatic heterocycles. The fourth-order valence-corrected chi connectivity index (χ4v) is 6.79. The van der Waals surface area contributed by atoms with Crippen LogP contribution in [0.3, 0.4) is 0 Å². The minimum absolute atomic E-state index is 0.0364. The molecule has 4 aliphatic rings.